The number of halogens is 1. The van der Waals surface area contributed by atoms with Crippen molar-refractivity contribution in [3.8, 4) is 5.75 Å². The molecule has 2 aromatic rings. The molecule has 7 heteroatoms. The van der Waals surface area contributed by atoms with Crippen molar-refractivity contribution >= 4 is 23.3 Å². The molecule has 2 aromatic carbocycles. The lowest BCUT2D eigenvalue weighted by atomic mass is 10.2. The lowest BCUT2D eigenvalue weighted by Crippen LogP contribution is -2.45. The number of ether oxygens (including phenoxy) is 1. The van der Waals surface area contributed by atoms with Crippen LogP contribution in [0.5, 0.6) is 5.75 Å². The van der Waals surface area contributed by atoms with Crippen molar-refractivity contribution in [2.75, 3.05) is 58.7 Å². The van der Waals surface area contributed by atoms with E-state index in [0.717, 1.165) is 49.7 Å². The summed E-state index contributed by atoms with van der Waals surface area (Å²) in [6, 6.07) is 14.8. The van der Waals surface area contributed by atoms with Gasteiger partial charge in [-0.05, 0) is 42.9 Å². The van der Waals surface area contributed by atoms with Gasteiger partial charge in [0.25, 0.3) is 0 Å². The second-order valence-electron chi connectivity index (χ2n) is 7.40. The Kier molecular flexibility index (Phi) is 7.75. The fraction of sp³-hybridized carbons (Fsp3) is 0.409. The van der Waals surface area contributed by atoms with Gasteiger partial charge in [0.05, 0.1) is 0 Å². The lowest BCUT2D eigenvalue weighted by Gasteiger charge is -2.32. The third-order valence-corrected chi connectivity index (χ3v) is 5.46. The molecule has 0 unspecified atom stereocenters. The fourth-order valence-corrected chi connectivity index (χ4v) is 3.37. The van der Waals surface area contributed by atoms with Gasteiger partial charge in [0, 0.05) is 57.0 Å². The maximum Gasteiger partial charge on any atom is 0.321 e. The summed E-state index contributed by atoms with van der Waals surface area (Å²) in [5.41, 5.74) is 1.64. The SMILES string of the molecule is CN1CCN(CCOc2ccc(NC(=O)N(C)Cc3ccccc3Cl)cc2)CC1. The van der Waals surface area contributed by atoms with Crippen LogP contribution < -0.4 is 10.1 Å². The molecule has 0 bridgehead atoms. The lowest BCUT2D eigenvalue weighted by molar-refractivity contribution is 0.134. The highest BCUT2D eigenvalue weighted by Crippen LogP contribution is 2.18. The zero-order valence-electron chi connectivity index (χ0n) is 17.1. The van der Waals surface area contributed by atoms with Crippen LogP contribution in [-0.2, 0) is 6.54 Å². The van der Waals surface area contributed by atoms with Crippen LogP contribution in [0, 0.1) is 0 Å². The third kappa shape index (κ3) is 6.63. The molecule has 0 atom stereocenters. The zero-order valence-corrected chi connectivity index (χ0v) is 17.9. The summed E-state index contributed by atoms with van der Waals surface area (Å²) in [7, 11) is 3.90. The van der Waals surface area contributed by atoms with E-state index in [1.807, 2.05) is 48.5 Å². The molecule has 2 amide bonds. The monoisotopic (exact) mass is 416 g/mol. The minimum atomic E-state index is -0.186. The first-order chi connectivity index (χ1) is 14.0. The van der Waals surface area contributed by atoms with E-state index in [-0.39, 0.29) is 6.03 Å². The highest BCUT2D eigenvalue weighted by Gasteiger charge is 2.13. The Morgan fingerprint density at radius 2 is 1.79 bits per heavy atom. The minimum absolute atomic E-state index is 0.186. The molecule has 29 heavy (non-hydrogen) atoms. The smallest absolute Gasteiger partial charge is 0.321 e. The van der Waals surface area contributed by atoms with E-state index in [2.05, 4.69) is 22.2 Å². The van der Waals surface area contributed by atoms with Crippen molar-refractivity contribution in [2.24, 2.45) is 0 Å². The van der Waals surface area contributed by atoms with Gasteiger partial charge >= 0.3 is 6.03 Å². The summed E-state index contributed by atoms with van der Waals surface area (Å²) in [6.45, 7) is 6.44. The number of likely N-dealkylation sites (N-methyl/N-ethyl adjacent to an activating group) is 1. The average molecular weight is 417 g/mol. The van der Waals surface area contributed by atoms with Gasteiger partial charge in [0.15, 0.2) is 0 Å². The molecule has 0 saturated carbocycles. The van der Waals surface area contributed by atoms with Gasteiger partial charge in [-0.25, -0.2) is 4.79 Å². The van der Waals surface area contributed by atoms with Crippen LogP contribution in [0.4, 0.5) is 10.5 Å². The highest BCUT2D eigenvalue weighted by atomic mass is 35.5. The molecule has 1 saturated heterocycles. The van der Waals surface area contributed by atoms with E-state index in [1.54, 1.807) is 11.9 Å². The Balaban J connectivity index is 1.42. The number of nitrogens with one attached hydrogen (secondary N) is 1. The van der Waals surface area contributed by atoms with Crippen molar-refractivity contribution in [3.63, 3.8) is 0 Å². The molecule has 156 valence electrons. The van der Waals surface area contributed by atoms with E-state index >= 15 is 0 Å². The summed E-state index contributed by atoms with van der Waals surface area (Å²) in [6.07, 6.45) is 0. The number of anilines is 1. The molecule has 1 N–H and O–H groups in total. The van der Waals surface area contributed by atoms with Crippen molar-refractivity contribution in [3.05, 3.63) is 59.1 Å². The number of amides is 2. The molecule has 0 aliphatic carbocycles. The molecule has 1 aliphatic heterocycles. The summed E-state index contributed by atoms with van der Waals surface area (Å²) in [4.78, 5) is 18.8. The van der Waals surface area contributed by atoms with Crippen molar-refractivity contribution in [2.45, 2.75) is 6.54 Å². The van der Waals surface area contributed by atoms with E-state index in [9.17, 15) is 4.79 Å². The maximum absolute atomic E-state index is 12.4. The van der Waals surface area contributed by atoms with Gasteiger partial charge < -0.3 is 19.9 Å². The van der Waals surface area contributed by atoms with E-state index in [4.69, 9.17) is 16.3 Å². The Bertz CT molecular complexity index is 792. The first-order valence-corrected chi connectivity index (χ1v) is 10.3. The number of benzene rings is 2. The number of carbonyl (C=O) groups excluding carboxylic acids is 1. The Morgan fingerprint density at radius 1 is 1.10 bits per heavy atom. The number of carbonyl (C=O) groups is 1. The summed E-state index contributed by atoms with van der Waals surface area (Å²) >= 11 is 6.17. The van der Waals surface area contributed by atoms with E-state index in [0.29, 0.717) is 18.2 Å². The number of rotatable bonds is 7. The summed E-state index contributed by atoms with van der Waals surface area (Å²) in [5.74, 6) is 0.807. The van der Waals surface area contributed by atoms with Crippen molar-refractivity contribution in [1.29, 1.82) is 0 Å². The molecule has 0 aromatic heterocycles. The van der Waals surface area contributed by atoms with Gasteiger partial charge in [0.1, 0.15) is 12.4 Å². The van der Waals surface area contributed by atoms with Gasteiger partial charge in [-0.3, -0.25) is 4.90 Å². The molecule has 1 aliphatic rings. The molecule has 3 rings (SSSR count). The molecule has 1 fully saturated rings. The predicted octanol–water partition coefficient (Wildman–Crippen LogP) is 3.63. The topological polar surface area (TPSA) is 48.1 Å². The van der Waals surface area contributed by atoms with E-state index < -0.39 is 0 Å². The van der Waals surface area contributed by atoms with Gasteiger partial charge in [-0.2, -0.15) is 0 Å². The molecular formula is C22H29ClN4O2. The van der Waals surface area contributed by atoms with Crippen LogP contribution in [0.25, 0.3) is 0 Å². The van der Waals surface area contributed by atoms with E-state index in [1.165, 1.54) is 0 Å². The number of piperazine rings is 1. The van der Waals surface area contributed by atoms with Gasteiger partial charge in [-0.15, -0.1) is 0 Å². The average Bonchev–Trinajstić information content (AvgIpc) is 2.72. The number of urea groups is 1. The van der Waals surface area contributed by atoms with Crippen molar-refractivity contribution < 1.29 is 9.53 Å². The van der Waals surface area contributed by atoms with Crippen LogP contribution in [0.3, 0.4) is 0 Å². The van der Waals surface area contributed by atoms with Crippen LogP contribution in [0.1, 0.15) is 5.56 Å². The van der Waals surface area contributed by atoms with Gasteiger partial charge in [-0.1, -0.05) is 29.8 Å². The standard InChI is InChI=1S/C22H29ClN4O2/c1-25-11-13-27(14-12-25)15-16-29-20-9-7-19(8-10-20)24-22(28)26(2)17-18-5-3-4-6-21(18)23/h3-10H,11-17H2,1-2H3,(H,24,28). The second-order valence-corrected chi connectivity index (χ2v) is 7.80. The molecule has 6 nitrogen and oxygen atoms in total. The second kappa shape index (κ2) is 10.5. The summed E-state index contributed by atoms with van der Waals surface area (Å²) < 4.78 is 5.84. The first-order valence-electron chi connectivity index (χ1n) is 9.90. The minimum Gasteiger partial charge on any atom is -0.492 e. The van der Waals surface area contributed by atoms with Crippen molar-refractivity contribution in [1.82, 2.24) is 14.7 Å². The Hall–Kier alpha value is -2.28. The third-order valence-electron chi connectivity index (χ3n) is 5.09. The largest absolute Gasteiger partial charge is 0.492 e. The molecule has 0 radical (unpaired) electrons. The first kappa shape index (κ1) is 21.4. The predicted molar refractivity (Wildman–Crippen MR) is 118 cm³/mol. The number of nitrogens with zero attached hydrogens (tertiary/aromatic N) is 3. The summed E-state index contributed by atoms with van der Waals surface area (Å²) in [5, 5.41) is 3.55. The van der Waals surface area contributed by atoms with Crippen LogP contribution in [0.15, 0.2) is 48.5 Å². The molecule has 0 spiro atoms. The zero-order chi connectivity index (χ0) is 20.6. The number of hydrogen-bond acceptors (Lipinski definition) is 4. The Morgan fingerprint density at radius 3 is 2.48 bits per heavy atom. The quantitative estimate of drug-likeness (QED) is 0.748. The normalized spacial score (nSPS) is 15.1. The number of hydrogen-bond donors (Lipinski definition) is 1. The van der Waals surface area contributed by atoms with Crippen LogP contribution in [-0.4, -0.2) is 74.2 Å². The molecular weight excluding hydrogens is 388 g/mol. The Labute approximate surface area is 178 Å². The van der Waals surface area contributed by atoms with Crippen LogP contribution >= 0.6 is 11.6 Å². The van der Waals surface area contributed by atoms with Gasteiger partial charge in [0.2, 0.25) is 0 Å². The maximum atomic E-state index is 12.4. The fourth-order valence-electron chi connectivity index (χ4n) is 3.17. The van der Waals surface area contributed by atoms with Crippen LogP contribution in [0.2, 0.25) is 5.02 Å². The molecule has 1 heterocycles. The highest BCUT2D eigenvalue weighted by molar-refractivity contribution is 6.31.